The normalized spacial score (nSPS) is 9.95. The first-order valence-electron chi connectivity index (χ1n) is 5.69. The number of ketones is 1. The van der Waals surface area contributed by atoms with Crippen molar-refractivity contribution in [3.8, 4) is 5.75 Å². The number of ether oxygens (including phenoxy) is 1. The van der Waals surface area contributed by atoms with Crippen LogP contribution in [0.1, 0.15) is 20.9 Å². The van der Waals surface area contributed by atoms with Crippen molar-refractivity contribution in [2.45, 2.75) is 0 Å². The van der Waals surface area contributed by atoms with Crippen LogP contribution in [0.2, 0.25) is 0 Å². The number of furan rings is 1. The van der Waals surface area contributed by atoms with Crippen molar-refractivity contribution in [1.29, 1.82) is 0 Å². The molecule has 0 aliphatic carbocycles. The first kappa shape index (κ1) is 12.9. The number of hydrogen-bond donors (Lipinski definition) is 1. The fourth-order valence-electron chi connectivity index (χ4n) is 1.53. The number of nitrogens with one attached hydrogen (secondary N) is 1. The van der Waals surface area contributed by atoms with Crippen LogP contribution < -0.4 is 10.1 Å². The first-order valence-corrected chi connectivity index (χ1v) is 5.69. The second-order valence-corrected chi connectivity index (χ2v) is 3.81. The summed E-state index contributed by atoms with van der Waals surface area (Å²) in [5.41, 5.74) is 0.466. The van der Waals surface area contributed by atoms with Crippen molar-refractivity contribution in [1.82, 2.24) is 5.32 Å². The lowest BCUT2D eigenvalue weighted by molar-refractivity contribution is 0.0892. The molecule has 0 bridgehead atoms. The molecule has 19 heavy (non-hydrogen) atoms. The maximum Gasteiger partial charge on any atom is 0.251 e. The fourth-order valence-corrected chi connectivity index (χ4v) is 1.53. The molecule has 5 nitrogen and oxygen atoms in total. The molecular weight excluding hydrogens is 246 g/mol. The summed E-state index contributed by atoms with van der Waals surface area (Å²) in [4.78, 5) is 23.4. The first-order chi connectivity index (χ1) is 9.20. The number of carbonyl (C=O) groups excluding carboxylic acids is 2. The Kier molecular flexibility index (Phi) is 3.97. The molecule has 0 spiro atoms. The number of rotatable bonds is 5. The molecule has 0 saturated heterocycles. The second kappa shape index (κ2) is 5.86. The molecule has 0 fully saturated rings. The van der Waals surface area contributed by atoms with Gasteiger partial charge >= 0.3 is 0 Å². The Morgan fingerprint density at radius 1 is 1.21 bits per heavy atom. The van der Waals surface area contributed by atoms with Crippen molar-refractivity contribution >= 4 is 11.7 Å². The van der Waals surface area contributed by atoms with Gasteiger partial charge in [-0.3, -0.25) is 9.59 Å². The van der Waals surface area contributed by atoms with Gasteiger partial charge in [-0.2, -0.15) is 0 Å². The molecule has 0 aliphatic rings. The average molecular weight is 259 g/mol. The van der Waals surface area contributed by atoms with Crippen LogP contribution in [0.15, 0.2) is 47.1 Å². The number of hydrogen-bond acceptors (Lipinski definition) is 4. The zero-order valence-corrected chi connectivity index (χ0v) is 10.4. The molecule has 1 aromatic heterocycles. The average Bonchev–Trinajstić information content (AvgIpc) is 2.98. The van der Waals surface area contributed by atoms with E-state index in [1.54, 1.807) is 43.5 Å². The van der Waals surface area contributed by atoms with Gasteiger partial charge < -0.3 is 14.5 Å². The summed E-state index contributed by atoms with van der Waals surface area (Å²) in [6, 6.07) is 9.81. The van der Waals surface area contributed by atoms with Crippen molar-refractivity contribution < 1.29 is 18.7 Å². The Balaban J connectivity index is 1.92. The van der Waals surface area contributed by atoms with Crippen molar-refractivity contribution in [3.05, 3.63) is 54.0 Å². The summed E-state index contributed by atoms with van der Waals surface area (Å²) < 4.78 is 9.94. The van der Waals surface area contributed by atoms with E-state index in [1.165, 1.54) is 6.26 Å². The van der Waals surface area contributed by atoms with Gasteiger partial charge in [0.05, 0.1) is 19.9 Å². The Bertz CT molecular complexity index is 558. The number of benzene rings is 1. The lowest BCUT2D eigenvalue weighted by Crippen LogP contribution is -2.29. The van der Waals surface area contributed by atoms with E-state index < -0.39 is 0 Å². The van der Waals surface area contributed by atoms with Gasteiger partial charge in [0.2, 0.25) is 5.78 Å². The SMILES string of the molecule is COc1ccc(C(=O)NCC(=O)c2ccco2)cc1. The largest absolute Gasteiger partial charge is 0.497 e. The van der Waals surface area contributed by atoms with Gasteiger partial charge in [0.25, 0.3) is 5.91 Å². The Labute approximate surface area is 110 Å². The minimum atomic E-state index is -0.317. The minimum absolute atomic E-state index is 0.0988. The summed E-state index contributed by atoms with van der Waals surface area (Å²) >= 11 is 0. The van der Waals surface area contributed by atoms with Crippen molar-refractivity contribution in [3.63, 3.8) is 0 Å². The van der Waals surface area contributed by atoms with Crippen LogP contribution in [-0.4, -0.2) is 25.3 Å². The zero-order valence-electron chi connectivity index (χ0n) is 10.4. The molecule has 0 unspecified atom stereocenters. The molecule has 1 heterocycles. The highest BCUT2D eigenvalue weighted by atomic mass is 16.5. The smallest absolute Gasteiger partial charge is 0.251 e. The lowest BCUT2D eigenvalue weighted by Gasteiger charge is -2.04. The topological polar surface area (TPSA) is 68.5 Å². The minimum Gasteiger partial charge on any atom is -0.497 e. The number of Topliss-reactive ketones (excluding diaryl/α,β-unsaturated/α-hetero) is 1. The van der Waals surface area contributed by atoms with Gasteiger partial charge in [-0.15, -0.1) is 0 Å². The molecule has 2 aromatic rings. The Morgan fingerprint density at radius 2 is 1.95 bits per heavy atom. The van der Waals surface area contributed by atoms with Crippen LogP contribution in [0.4, 0.5) is 0 Å². The van der Waals surface area contributed by atoms with Crippen LogP contribution >= 0.6 is 0 Å². The third-order valence-electron chi connectivity index (χ3n) is 2.56. The Morgan fingerprint density at radius 3 is 2.53 bits per heavy atom. The summed E-state index contributed by atoms with van der Waals surface area (Å²) in [6.07, 6.45) is 1.42. The summed E-state index contributed by atoms with van der Waals surface area (Å²) in [5.74, 6) is 0.313. The summed E-state index contributed by atoms with van der Waals surface area (Å²) in [6.45, 7) is -0.0988. The van der Waals surface area contributed by atoms with E-state index in [0.29, 0.717) is 11.3 Å². The molecule has 2 rings (SSSR count). The fraction of sp³-hybridized carbons (Fsp3) is 0.143. The monoisotopic (exact) mass is 259 g/mol. The summed E-state index contributed by atoms with van der Waals surface area (Å²) in [7, 11) is 1.55. The van der Waals surface area contributed by atoms with Crippen LogP contribution in [-0.2, 0) is 0 Å². The quantitative estimate of drug-likeness (QED) is 0.833. The van der Waals surface area contributed by atoms with Gasteiger partial charge in [-0.1, -0.05) is 0 Å². The molecule has 0 radical (unpaired) electrons. The Hall–Kier alpha value is -2.56. The summed E-state index contributed by atoms with van der Waals surface area (Å²) in [5, 5.41) is 2.54. The third kappa shape index (κ3) is 3.22. The van der Waals surface area contributed by atoms with Gasteiger partial charge in [0.1, 0.15) is 5.75 Å². The van der Waals surface area contributed by atoms with Crippen molar-refractivity contribution in [2.75, 3.05) is 13.7 Å². The predicted octanol–water partition coefficient (Wildman–Crippen LogP) is 1.90. The maximum atomic E-state index is 11.8. The molecular formula is C14H13NO4. The third-order valence-corrected chi connectivity index (χ3v) is 2.56. The van der Waals surface area contributed by atoms with Gasteiger partial charge in [-0.25, -0.2) is 0 Å². The van der Waals surface area contributed by atoms with E-state index in [4.69, 9.17) is 9.15 Å². The van der Waals surface area contributed by atoms with Crippen LogP contribution in [0.5, 0.6) is 5.75 Å². The molecule has 1 aromatic carbocycles. The zero-order chi connectivity index (χ0) is 13.7. The number of methoxy groups -OCH3 is 1. The van der Waals surface area contributed by atoms with Gasteiger partial charge in [0, 0.05) is 5.56 Å². The van der Waals surface area contributed by atoms with E-state index in [2.05, 4.69) is 5.32 Å². The van der Waals surface area contributed by atoms with E-state index in [0.717, 1.165) is 0 Å². The van der Waals surface area contributed by atoms with Gasteiger partial charge in [-0.05, 0) is 36.4 Å². The van der Waals surface area contributed by atoms with E-state index in [-0.39, 0.29) is 24.0 Å². The van der Waals surface area contributed by atoms with E-state index in [9.17, 15) is 9.59 Å². The molecule has 0 aliphatic heterocycles. The van der Waals surface area contributed by atoms with Crippen LogP contribution in [0.3, 0.4) is 0 Å². The van der Waals surface area contributed by atoms with Crippen molar-refractivity contribution in [2.24, 2.45) is 0 Å². The second-order valence-electron chi connectivity index (χ2n) is 3.81. The maximum absolute atomic E-state index is 11.8. The van der Waals surface area contributed by atoms with Crippen LogP contribution in [0.25, 0.3) is 0 Å². The molecule has 0 atom stereocenters. The molecule has 0 saturated carbocycles. The van der Waals surface area contributed by atoms with E-state index in [1.807, 2.05) is 0 Å². The van der Waals surface area contributed by atoms with Crippen LogP contribution in [0, 0.1) is 0 Å². The standard InChI is InChI=1S/C14H13NO4/c1-18-11-6-4-10(5-7-11)14(17)15-9-12(16)13-3-2-8-19-13/h2-8H,9H2,1H3,(H,15,17). The molecule has 5 heteroatoms. The highest BCUT2D eigenvalue weighted by Gasteiger charge is 2.11. The molecule has 1 amide bonds. The molecule has 98 valence electrons. The highest BCUT2D eigenvalue weighted by molar-refractivity contribution is 6.00. The number of carbonyl (C=O) groups is 2. The molecule has 1 N–H and O–H groups in total. The number of amides is 1. The highest BCUT2D eigenvalue weighted by Crippen LogP contribution is 2.11. The van der Waals surface area contributed by atoms with Gasteiger partial charge in [0.15, 0.2) is 5.76 Å². The lowest BCUT2D eigenvalue weighted by atomic mass is 10.2. The predicted molar refractivity (Wildman–Crippen MR) is 68.4 cm³/mol. The van der Waals surface area contributed by atoms with E-state index >= 15 is 0 Å².